The van der Waals surface area contributed by atoms with Gasteiger partial charge in [0.1, 0.15) is 0 Å². The highest BCUT2D eigenvalue weighted by Gasteiger charge is 2.14. The van der Waals surface area contributed by atoms with E-state index in [2.05, 4.69) is 5.32 Å². The summed E-state index contributed by atoms with van der Waals surface area (Å²) >= 11 is 0. The summed E-state index contributed by atoms with van der Waals surface area (Å²) < 4.78 is 16.9. The molecule has 25 heavy (non-hydrogen) atoms. The van der Waals surface area contributed by atoms with Gasteiger partial charge in [-0.05, 0) is 51.3 Å². The van der Waals surface area contributed by atoms with Gasteiger partial charge in [-0.2, -0.15) is 0 Å². The van der Waals surface area contributed by atoms with E-state index >= 15 is 0 Å². The van der Waals surface area contributed by atoms with Crippen LogP contribution in [0.25, 0.3) is 0 Å². The van der Waals surface area contributed by atoms with Gasteiger partial charge in [0.2, 0.25) is 0 Å². The van der Waals surface area contributed by atoms with E-state index in [1.165, 1.54) is 32.1 Å². The van der Waals surface area contributed by atoms with Crippen LogP contribution in [0.1, 0.15) is 62.7 Å². The van der Waals surface area contributed by atoms with Crippen LogP contribution in [0.4, 0.5) is 0 Å². The highest BCUT2D eigenvalue weighted by molar-refractivity contribution is 5.94. The summed E-state index contributed by atoms with van der Waals surface area (Å²) in [5.74, 6) is 1.11. The van der Waals surface area contributed by atoms with Gasteiger partial charge in [-0.3, -0.25) is 4.79 Å². The lowest BCUT2D eigenvalue weighted by atomic mass is 9.98. The van der Waals surface area contributed by atoms with E-state index in [1.807, 2.05) is 13.8 Å². The average molecular weight is 349 g/mol. The minimum absolute atomic E-state index is 0.0535. The van der Waals surface area contributed by atoms with Crippen LogP contribution < -0.4 is 14.8 Å². The molecule has 0 spiro atoms. The van der Waals surface area contributed by atoms with Gasteiger partial charge in [0.15, 0.2) is 11.5 Å². The SMILES string of the molecule is COc1cc(C(=O)NCCCOC2CCCCC2)ccc1OC(C)C. The number of nitrogens with one attached hydrogen (secondary N) is 1. The van der Waals surface area contributed by atoms with E-state index in [-0.39, 0.29) is 12.0 Å². The van der Waals surface area contributed by atoms with E-state index in [1.54, 1.807) is 25.3 Å². The third-order valence-corrected chi connectivity index (χ3v) is 4.30. The second-order valence-electron chi connectivity index (χ2n) is 6.77. The predicted molar refractivity (Wildman–Crippen MR) is 98.5 cm³/mol. The zero-order valence-corrected chi connectivity index (χ0v) is 15.7. The molecule has 1 fully saturated rings. The van der Waals surface area contributed by atoms with Crippen molar-refractivity contribution in [1.82, 2.24) is 5.32 Å². The lowest BCUT2D eigenvalue weighted by Gasteiger charge is -2.21. The first-order valence-corrected chi connectivity index (χ1v) is 9.34. The highest BCUT2D eigenvalue weighted by Crippen LogP contribution is 2.29. The van der Waals surface area contributed by atoms with E-state index < -0.39 is 0 Å². The first-order valence-electron chi connectivity index (χ1n) is 9.34. The monoisotopic (exact) mass is 349 g/mol. The first-order chi connectivity index (χ1) is 12.1. The van der Waals surface area contributed by atoms with E-state index in [9.17, 15) is 4.79 Å². The number of amides is 1. The van der Waals surface area contributed by atoms with E-state index in [4.69, 9.17) is 14.2 Å². The molecule has 5 heteroatoms. The second-order valence-corrected chi connectivity index (χ2v) is 6.77. The van der Waals surface area contributed by atoms with Crippen LogP contribution in [0.5, 0.6) is 11.5 Å². The second kappa shape index (κ2) is 10.3. The fourth-order valence-electron chi connectivity index (χ4n) is 3.02. The largest absolute Gasteiger partial charge is 0.493 e. The van der Waals surface area contributed by atoms with Crippen molar-refractivity contribution in [2.45, 2.75) is 64.6 Å². The zero-order chi connectivity index (χ0) is 18.1. The lowest BCUT2D eigenvalue weighted by molar-refractivity contribution is 0.0273. The van der Waals surface area contributed by atoms with Crippen molar-refractivity contribution < 1.29 is 19.0 Å². The smallest absolute Gasteiger partial charge is 0.251 e. The normalized spacial score (nSPS) is 15.2. The third-order valence-electron chi connectivity index (χ3n) is 4.30. The predicted octanol–water partition coefficient (Wildman–Crippen LogP) is 3.95. The van der Waals surface area contributed by atoms with Crippen molar-refractivity contribution in [2.24, 2.45) is 0 Å². The molecular weight excluding hydrogens is 318 g/mol. The molecule has 2 rings (SSSR count). The molecule has 0 bridgehead atoms. The number of hydrogen-bond acceptors (Lipinski definition) is 4. The Morgan fingerprint density at radius 1 is 1.20 bits per heavy atom. The van der Waals surface area contributed by atoms with Gasteiger partial charge in [-0.25, -0.2) is 0 Å². The molecule has 1 aliphatic rings. The lowest BCUT2D eigenvalue weighted by Crippen LogP contribution is -2.26. The van der Waals surface area contributed by atoms with Gasteiger partial charge in [-0.15, -0.1) is 0 Å². The van der Waals surface area contributed by atoms with Crippen LogP contribution in [0.3, 0.4) is 0 Å². The van der Waals surface area contributed by atoms with Crippen molar-refractivity contribution in [3.63, 3.8) is 0 Å². The standard InChI is InChI=1S/C20H31NO4/c1-15(2)25-18-11-10-16(14-19(18)23-3)20(22)21-12-7-13-24-17-8-5-4-6-9-17/h10-11,14-15,17H,4-9,12-13H2,1-3H3,(H,21,22). The van der Waals surface area contributed by atoms with Crippen molar-refractivity contribution in [2.75, 3.05) is 20.3 Å². The molecule has 0 heterocycles. The Balaban J connectivity index is 1.74. The maximum absolute atomic E-state index is 12.3. The molecule has 140 valence electrons. The Morgan fingerprint density at radius 2 is 1.96 bits per heavy atom. The first kappa shape index (κ1) is 19.6. The average Bonchev–Trinajstić information content (AvgIpc) is 2.62. The maximum atomic E-state index is 12.3. The molecule has 5 nitrogen and oxygen atoms in total. The number of carbonyl (C=O) groups excluding carboxylic acids is 1. The molecule has 0 radical (unpaired) electrons. The van der Waals surface area contributed by atoms with Crippen LogP contribution in [-0.2, 0) is 4.74 Å². The van der Waals surface area contributed by atoms with Gasteiger partial charge in [0, 0.05) is 18.7 Å². The van der Waals surface area contributed by atoms with Crippen LogP contribution >= 0.6 is 0 Å². The number of methoxy groups -OCH3 is 1. The molecule has 0 aromatic heterocycles. The molecule has 1 saturated carbocycles. The summed E-state index contributed by atoms with van der Waals surface area (Å²) in [7, 11) is 1.58. The summed E-state index contributed by atoms with van der Waals surface area (Å²) in [5, 5.41) is 2.93. The fourth-order valence-corrected chi connectivity index (χ4v) is 3.02. The Kier molecular flexibility index (Phi) is 8.06. The Hall–Kier alpha value is -1.75. The maximum Gasteiger partial charge on any atom is 0.251 e. The summed E-state index contributed by atoms with van der Waals surface area (Å²) in [6.07, 6.45) is 7.54. The summed E-state index contributed by atoms with van der Waals surface area (Å²) in [4.78, 5) is 12.3. The van der Waals surface area contributed by atoms with Gasteiger partial charge in [0.05, 0.1) is 19.3 Å². The molecule has 0 saturated heterocycles. The van der Waals surface area contributed by atoms with Gasteiger partial charge < -0.3 is 19.5 Å². The molecule has 0 atom stereocenters. The number of ether oxygens (including phenoxy) is 3. The highest BCUT2D eigenvalue weighted by atomic mass is 16.5. The van der Waals surface area contributed by atoms with Crippen molar-refractivity contribution in [3.8, 4) is 11.5 Å². The van der Waals surface area contributed by atoms with Gasteiger partial charge in [0.25, 0.3) is 5.91 Å². The van der Waals surface area contributed by atoms with Crippen LogP contribution in [0, 0.1) is 0 Å². The Bertz CT molecular complexity index is 538. The number of hydrogen-bond donors (Lipinski definition) is 1. The number of carbonyl (C=O) groups is 1. The van der Waals surface area contributed by atoms with Gasteiger partial charge in [-0.1, -0.05) is 19.3 Å². The molecule has 1 aromatic carbocycles. The number of benzene rings is 1. The molecule has 0 unspecified atom stereocenters. The zero-order valence-electron chi connectivity index (χ0n) is 15.7. The molecule has 1 aromatic rings. The Labute approximate surface area is 151 Å². The quantitative estimate of drug-likeness (QED) is 0.686. The molecule has 1 amide bonds. The molecule has 1 N–H and O–H groups in total. The van der Waals surface area contributed by atoms with Crippen molar-refractivity contribution in [3.05, 3.63) is 23.8 Å². The summed E-state index contributed by atoms with van der Waals surface area (Å²) in [6.45, 7) is 5.22. The minimum atomic E-state index is -0.105. The van der Waals surface area contributed by atoms with Crippen molar-refractivity contribution >= 4 is 5.91 Å². The third kappa shape index (κ3) is 6.58. The van der Waals surface area contributed by atoms with Crippen LogP contribution in [0.2, 0.25) is 0 Å². The fraction of sp³-hybridized carbons (Fsp3) is 0.650. The van der Waals surface area contributed by atoms with Crippen LogP contribution in [0.15, 0.2) is 18.2 Å². The Morgan fingerprint density at radius 3 is 2.64 bits per heavy atom. The van der Waals surface area contributed by atoms with Crippen molar-refractivity contribution in [1.29, 1.82) is 0 Å². The number of rotatable bonds is 9. The van der Waals surface area contributed by atoms with Gasteiger partial charge >= 0.3 is 0 Å². The molecular formula is C20H31NO4. The summed E-state index contributed by atoms with van der Waals surface area (Å²) in [5.41, 5.74) is 0.571. The van der Waals surface area contributed by atoms with Crippen LogP contribution in [-0.4, -0.2) is 38.4 Å². The van der Waals surface area contributed by atoms with E-state index in [0.29, 0.717) is 36.3 Å². The molecule has 0 aliphatic heterocycles. The minimum Gasteiger partial charge on any atom is -0.493 e. The molecule has 1 aliphatic carbocycles. The van der Waals surface area contributed by atoms with E-state index in [0.717, 1.165) is 6.42 Å². The summed E-state index contributed by atoms with van der Waals surface area (Å²) in [6, 6.07) is 5.25. The topological polar surface area (TPSA) is 56.8 Å².